The van der Waals surface area contributed by atoms with E-state index in [4.69, 9.17) is 17.3 Å². The fourth-order valence-corrected chi connectivity index (χ4v) is 3.21. The van der Waals surface area contributed by atoms with Gasteiger partial charge in [-0.2, -0.15) is 0 Å². The summed E-state index contributed by atoms with van der Waals surface area (Å²) in [6.07, 6.45) is 0.998. The molecule has 0 spiro atoms. The molecule has 104 valence electrons. The zero-order valence-electron chi connectivity index (χ0n) is 10.7. The molecule has 0 saturated heterocycles. The number of rotatable bonds is 3. The Kier molecular flexibility index (Phi) is 3.85. The van der Waals surface area contributed by atoms with Crippen LogP contribution in [-0.4, -0.2) is 0 Å². The molecule has 2 aromatic rings. The first-order chi connectivity index (χ1) is 9.58. The van der Waals surface area contributed by atoms with E-state index in [0.717, 1.165) is 6.42 Å². The van der Waals surface area contributed by atoms with Crippen LogP contribution in [0.4, 0.5) is 4.39 Å². The fraction of sp³-hybridized carbons (Fsp3) is 0.250. The fourth-order valence-electron chi connectivity index (χ4n) is 2.72. The van der Waals surface area contributed by atoms with Gasteiger partial charge in [0.2, 0.25) is 0 Å². The minimum absolute atomic E-state index is 0.282. The Morgan fingerprint density at radius 2 is 1.95 bits per heavy atom. The summed E-state index contributed by atoms with van der Waals surface area (Å²) in [5.74, 6) is 0.407. The van der Waals surface area contributed by atoms with Crippen molar-refractivity contribution in [1.82, 2.24) is 0 Å². The zero-order valence-corrected chi connectivity index (χ0v) is 13.0. The van der Waals surface area contributed by atoms with Crippen molar-refractivity contribution < 1.29 is 4.39 Å². The predicted molar refractivity (Wildman–Crippen MR) is 83.3 cm³/mol. The van der Waals surface area contributed by atoms with Gasteiger partial charge in [-0.15, -0.1) is 0 Å². The molecule has 0 bridgehead atoms. The smallest absolute Gasteiger partial charge is 0.129 e. The van der Waals surface area contributed by atoms with Crippen molar-refractivity contribution in [2.24, 2.45) is 11.7 Å². The molecular weight excluding hydrogens is 341 g/mol. The third-order valence-electron chi connectivity index (χ3n) is 3.93. The molecule has 0 aliphatic heterocycles. The lowest BCUT2D eigenvalue weighted by Gasteiger charge is -2.14. The Morgan fingerprint density at radius 3 is 2.65 bits per heavy atom. The number of halogens is 3. The van der Waals surface area contributed by atoms with E-state index in [-0.39, 0.29) is 17.8 Å². The van der Waals surface area contributed by atoms with E-state index in [0.29, 0.717) is 21.0 Å². The summed E-state index contributed by atoms with van der Waals surface area (Å²) in [6, 6.07) is 12.9. The van der Waals surface area contributed by atoms with E-state index in [1.165, 1.54) is 11.6 Å². The summed E-state index contributed by atoms with van der Waals surface area (Å²) in [4.78, 5) is 0. The summed E-state index contributed by atoms with van der Waals surface area (Å²) < 4.78 is 14.6. The Balaban J connectivity index is 1.82. The van der Waals surface area contributed by atoms with Crippen LogP contribution in [0.25, 0.3) is 0 Å². The van der Waals surface area contributed by atoms with Crippen molar-refractivity contribution in [2.45, 2.75) is 18.4 Å². The standard InChI is InChI=1S/C16H14BrClFN/c17-13-8-15(19)12(7-14(13)18)16(20)11-6-10(11)9-4-2-1-3-5-9/h1-5,7-8,10-11,16H,6,20H2. The molecule has 1 saturated carbocycles. The molecule has 0 heterocycles. The van der Waals surface area contributed by atoms with Crippen LogP contribution in [0.3, 0.4) is 0 Å². The molecule has 2 aromatic carbocycles. The summed E-state index contributed by atoms with van der Waals surface area (Å²) in [5.41, 5.74) is 8.01. The second-order valence-corrected chi connectivity index (χ2v) is 6.49. The van der Waals surface area contributed by atoms with Gasteiger partial charge in [-0.1, -0.05) is 41.9 Å². The molecular formula is C16H14BrClFN. The number of nitrogens with two attached hydrogens (primary N) is 1. The van der Waals surface area contributed by atoms with Crippen LogP contribution in [0.1, 0.15) is 29.5 Å². The molecule has 3 rings (SSSR count). The zero-order chi connectivity index (χ0) is 14.3. The van der Waals surface area contributed by atoms with Crippen molar-refractivity contribution in [2.75, 3.05) is 0 Å². The van der Waals surface area contributed by atoms with Crippen LogP contribution in [0.15, 0.2) is 46.9 Å². The Morgan fingerprint density at radius 1 is 1.25 bits per heavy atom. The minimum atomic E-state index is -0.314. The van der Waals surface area contributed by atoms with Crippen molar-refractivity contribution in [3.63, 3.8) is 0 Å². The van der Waals surface area contributed by atoms with Gasteiger partial charge in [0.1, 0.15) is 5.82 Å². The normalized spacial score (nSPS) is 22.6. The average Bonchev–Trinajstić information content (AvgIpc) is 3.23. The topological polar surface area (TPSA) is 26.0 Å². The van der Waals surface area contributed by atoms with E-state index < -0.39 is 0 Å². The quantitative estimate of drug-likeness (QED) is 0.767. The average molecular weight is 355 g/mol. The number of hydrogen-bond donors (Lipinski definition) is 1. The van der Waals surface area contributed by atoms with Crippen LogP contribution >= 0.6 is 27.5 Å². The molecule has 4 heteroatoms. The summed E-state index contributed by atoms with van der Waals surface area (Å²) in [5, 5.41) is 0.494. The molecule has 3 unspecified atom stereocenters. The van der Waals surface area contributed by atoms with Gasteiger partial charge in [-0.3, -0.25) is 0 Å². The van der Waals surface area contributed by atoms with E-state index in [9.17, 15) is 4.39 Å². The van der Waals surface area contributed by atoms with Crippen molar-refractivity contribution in [3.05, 3.63) is 68.9 Å². The van der Waals surface area contributed by atoms with Gasteiger partial charge < -0.3 is 5.73 Å². The van der Waals surface area contributed by atoms with Crippen molar-refractivity contribution >= 4 is 27.5 Å². The molecule has 0 aromatic heterocycles. The molecule has 1 fully saturated rings. The van der Waals surface area contributed by atoms with Gasteiger partial charge in [0.05, 0.1) is 5.02 Å². The van der Waals surface area contributed by atoms with Crippen LogP contribution in [0.5, 0.6) is 0 Å². The minimum Gasteiger partial charge on any atom is -0.324 e. The lowest BCUT2D eigenvalue weighted by atomic mass is 9.99. The maximum absolute atomic E-state index is 14.0. The van der Waals surface area contributed by atoms with Crippen LogP contribution in [-0.2, 0) is 0 Å². The lowest BCUT2D eigenvalue weighted by molar-refractivity contribution is 0.546. The molecule has 1 aliphatic carbocycles. The van der Waals surface area contributed by atoms with Gasteiger partial charge in [-0.25, -0.2) is 4.39 Å². The molecule has 0 radical (unpaired) electrons. The molecule has 20 heavy (non-hydrogen) atoms. The largest absolute Gasteiger partial charge is 0.324 e. The van der Waals surface area contributed by atoms with Crippen LogP contribution in [0.2, 0.25) is 5.02 Å². The summed E-state index contributed by atoms with van der Waals surface area (Å²) in [6.45, 7) is 0. The van der Waals surface area contributed by atoms with E-state index in [1.807, 2.05) is 18.2 Å². The lowest BCUT2D eigenvalue weighted by Crippen LogP contribution is -2.15. The number of benzene rings is 2. The highest BCUT2D eigenvalue weighted by Crippen LogP contribution is 2.53. The van der Waals surface area contributed by atoms with Crippen LogP contribution < -0.4 is 5.73 Å². The molecule has 1 nitrogen and oxygen atoms in total. The van der Waals surface area contributed by atoms with Crippen molar-refractivity contribution in [1.29, 1.82) is 0 Å². The van der Waals surface area contributed by atoms with Gasteiger partial charge >= 0.3 is 0 Å². The van der Waals surface area contributed by atoms with Gasteiger partial charge in [0.15, 0.2) is 0 Å². The summed E-state index contributed by atoms with van der Waals surface area (Å²) >= 11 is 9.26. The maximum Gasteiger partial charge on any atom is 0.129 e. The number of hydrogen-bond acceptors (Lipinski definition) is 1. The third kappa shape index (κ3) is 2.62. The Hall–Kier alpha value is -0.900. The first-order valence-corrected chi connectivity index (χ1v) is 7.70. The van der Waals surface area contributed by atoms with Gasteiger partial charge in [0.25, 0.3) is 0 Å². The highest BCUT2D eigenvalue weighted by atomic mass is 79.9. The Labute approximate surface area is 131 Å². The summed E-state index contributed by atoms with van der Waals surface area (Å²) in [7, 11) is 0. The molecule has 3 atom stereocenters. The second-order valence-electron chi connectivity index (χ2n) is 5.23. The molecule has 1 aliphatic rings. The molecule has 0 amide bonds. The Bertz CT molecular complexity index is 632. The predicted octanol–water partition coefficient (Wildman–Crippen LogP) is 5.05. The maximum atomic E-state index is 14.0. The molecule has 2 N–H and O–H groups in total. The van der Waals surface area contributed by atoms with Gasteiger partial charge in [-0.05, 0) is 51.9 Å². The monoisotopic (exact) mass is 353 g/mol. The van der Waals surface area contributed by atoms with E-state index >= 15 is 0 Å². The highest BCUT2D eigenvalue weighted by Gasteiger charge is 2.43. The highest BCUT2D eigenvalue weighted by molar-refractivity contribution is 9.10. The van der Waals surface area contributed by atoms with E-state index in [2.05, 4.69) is 28.1 Å². The van der Waals surface area contributed by atoms with Gasteiger partial charge in [0, 0.05) is 16.1 Å². The third-order valence-corrected chi connectivity index (χ3v) is 5.12. The van der Waals surface area contributed by atoms with Crippen LogP contribution in [0, 0.1) is 11.7 Å². The van der Waals surface area contributed by atoms with Crippen molar-refractivity contribution in [3.8, 4) is 0 Å². The first-order valence-electron chi connectivity index (χ1n) is 6.53. The van der Waals surface area contributed by atoms with E-state index in [1.54, 1.807) is 6.07 Å². The SMILES string of the molecule is NC(c1cc(Cl)c(Br)cc1F)C1CC1c1ccccc1. The second kappa shape index (κ2) is 5.47. The first kappa shape index (κ1) is 14.1.